The first-order valence-corrected chi connectivity index (χ1v) is 16.7. The van der Waals surface area contributed by atoms with Crippen LogP contribution >= 0.6 is 0 Å². The molecule has 2 amide bonds. The lowest BCUT2D eigenvalue weighted by Crippen LogP contribution is -2.50. The predicted octanol–water partition coefficient (Wildman–Crippen LogP) is 7.11. The molecule has 3 heterocycles. The number of anilines is 5. The number of pyridine rings is 1. The van der Waals surface area contributed by atoms with Crippen LogP contribution < -0.4 is 30.3 Å². The predicted molar refractivity (Wildman–Crippen MR) is 196 cm³/mol. The van der Waals surface area contributed by atoms with Gasteiger partial charge < -0.3 is 44.2 Å². The molecular formula is C37H44F2N6O8. The van der Waals surface area contributed by atoms with Crippen molar-refractivity contribution in [3.05, 3.63) is 59.5 Å². The smallest absolute Gasteiger partial charge is 0.414 e. The number of aromatic nitrogens is 1. The van der Waals surface area contributed by atoms with Crippen molar-refractivity contribution in [1.29, 1.82) is 0 Å². The maximum Gasteiger partial charge on any atom is 0.414 e. The number of furan rings is 1. The molecule has 53 heavy (non-hydrogen) atoms. The lowest BCUT2D eigenvalue weighted by Gasteiger charge is -2.37. The lowest BCUT2D eigenvalue weighted by molar-refractivity contribution is 0.0240. The van der Waals surface area contributed by atoms with Crippen molar-refractivity contribution in [1.82, 2.24) is 9.88 Å². The Morgan fingerprint density at radius 3 is 2.06 bits per heavy atom. The molecule has 2 aromatic heterocycles. The first-order chi connectivity index (χ1) is 24.8. The van der Waals surface area contributed by atoms with Crippen LogP contribution in [0.2, 0.25) is 0 Å². The fourth-order valence-corrected chi connectivity index (χ4v) is 5.64. The van der Waals surface area contributed by atoms with Gasteiger partial charge in [0.1, 0.15) is 28.3 Å². The molecule has 2 aromatic carbocycles. The zero-order chi connectivity index (χ0) is 39.0. The number of piperazine rings is 1. The van der Waals surface area contributed by atoms with E-state index in [0.29, 0.717) is 37.6 Å². The van der Waals surface area contributed by atoms with Gasteiger partial charge in [-0.3, -0.25) is 9.69 Å². The molecule has 0 saturated carbocycles. The number of carbonyl (C=O) groups excluding carboxylic acids is 3. The number of hydrogen-bond donors (Lipinski definition) is 2. The van der Waals surface area contributed by atoms with Gasteiger partial charge in [-0.15, -0.1) is 0 Å². The second-order valence-corrected chi connectivity index (χ2v) is 14.3. The van der Waals surface area contributed by atoms with Crippen LogP contribution in [0.5, 0.6) is 11.5 Å². The Morgan fingerprint density at radius 1 is 0.906 bits per heavy atom. The van der Waals surface area contributed by atoms with Crippen LogP contribution in [0.1, 0.15) is 57.7 Å². The van der Waals surface area contributed by atoms with Crippen molar-refractivity contribution < 1.29 is 46.5 Å². The van der Waals surface area contributed by atoms with E-state index in [1.807, 2.05) is 26.8 Å². The molecule has 1 aliphatic heterocycles. The molecule has 5 rings (SSSR count). The topological polar surface area (TPSA) is 162 Å². The number of hydrogen-bond acceptors (Lipinski definition) is 12. The molecule has 4 aromatic rings. The number of rotatable bonds is 8. The number of halogens is 2. The summed E-state index contributed by atoms with van der Waals surface area (Å²) in [6, 6.07) is 7.93. The minimum Gasteiger partial charge on any atom is -0.494 e. The second-order valence-electron chi connectivity index (χ2n) is 14.3. The highest BCUT2D eigenvalue weighted by Gasteiger charge is 2.35. The summed E-state index contributed by atoms with van der Waals surface area (Å²) in [6.45, 7) is 12.6. The minimum absolute atomic E-state index is 0.0360. The number of nitrogens with zero attached hydrogens (tertiary/aromatic N) is 4. The van der Waals surface area contributed by atoms with Crippen molar-refractivity contribution in [2.24, 2.45) is 0 Å². The number of nitrogens with two attached hydrogens (primary N) is 1. The average molecular weight is 739 g/mol. The monoisotopic (exact) mass is 738 g/mol. The van der Waals surface area contributed by atoms with Gasteiger partial charge in [0.25, 0.3) is 0 Å². The molecule has 0 bridgehead atoms. The lowest BCUT2D eigenvalue weighted by atomic mass is 10.0. The highest BCUT2D eigenvalue weighted by molar-refractivity contribution is 6.17. The van der Waals surface area contributed by atoms with Gasteiger partial charge in [-0.05, 0) is 65.8 Å². The fourth-order valence-electron chi connectivity index (χ4n) is 5.64. The number of nitrogen functional groups attached to an aromatic ring is 1. The van der Waals surface area contributed by atoms with Gasteiger partial charge in [-0.25, -0.2) is 23.4 Å². The molecule has 284 valence electrons. The van der Waals surface area contributed by atoms with Gasteiger partial charge in [0.05, 0.1) is 37.2 Å². The van der Waals surface area contributed by atoms with E-state index in [1.165, 1.54) is 19.3 Å². The van der Waals surface area contributed by atoms with Crippen LogP contribution in [-0.2, 0) is 9.47 Å². The summed E-state index contributed by atoms with van der Waals surface area (Å²) in [5.74, 6) is -4.98. The van der Waals surface area contributed by atoms with Crippen LogP contribution in [0.25, 0.3) is 11.0 Å². The maximum absolute atomic E-state index is 15.5. The van der Waals surface area contributed by atoms with Gasteiger partial charge >= 0.3 is 12.2 Å². The van der Waals surface area contributed by atoms with Gasteiger partial charge in [0.2, 0.25) is 5.78 Å². The average Bonchev–Trinajstić information content (AvgIpc) is 3.46. The van der Waals surface area contributed by atoms with E-state index in [0.717, 1.165) is 30.9 Å². The molecule has 1 aliphatic rings. The first kappa shape index (κ1) is 38.4. The third-order valence-corrected chi connectivity index (χ3v) is 8.15. The number of ketones is 1. The van der Waals surface area contributed by atoms with E-state index < -0.39 is 57.5 Å². The highest BCUT2D eigenvalue weighted by atomic mass is 19.1. The van der Waals surface area contributed by atoms with Crippen molar-refractivity contribution in [3.63, 3.8) is 0 Å². The van der Waals surface area contributed by atoms with Crippen molar-refractivity contribution in [3.8, 4) is 11.5 Å². The molecule has 0 aliphatic carbocycles. The Morgan fingerprint density at radius 2 is 1.51 bits per heavy atom. The number of fused-ring (bicyclic) bond motifs is 1. The number of nitrogens with one attached hydrogen (secondary N) is 1. The summed E-state index contributed by atoms with van der Waals surface area (Å²) in [7, 11) is 3.65. The molecule has 1 fully saturated rings. The Kier molecular flexibility index (Phi) is 10.6. The molecule has 0 atom stereocenters. The van der Waals surface area contributed by atoms with Crippen LogP contribution in [0.3, 0.4) is 0 Å². The highest BCUT2D eigenvalue weighted by Crippen LogP contribution is 2.40. The SMILES string of the molecule is COc1cc(OC)c(F)c(C(=O)c2oc3cnc(Nc4ccc(N5CCN(C(=O)OC(C)(C)C)CC5)cc4N)cc3c2N(C)C(=O)OC(C)(C)C)c1F. The molecule has 0 radical (unpaired) electrons. The van der Waals surface area contributed by atoms with E-state index in [-0.39, 0.29) is 28.6 Å². The molecule has 0 unspecified atom stereocenters. The molecule has 0 spiro atoms. The number of amides is 2. The Labute approximate surface area is 305 Å². The minimum atomic E-state index is -1.29. The van der Waals surface area contributed by atoms with E-state index in [9.17, 15) is 14.4 Å². The number of benzene rings is 2. The molecule has 1 saturated heterocycles. The second kappa shape index (κ2) is 14.7. The van der Waals surface area contributed by atoms with Crippen LogP contribution in [0, 0.1) is 11.6 Å². The standard InChI is InChI=1S/C37H44F2N6O8/c1-36(2,3)52-34(47)43(7)31-21-17-27(41-19-26(21)51-33(31)32(46)28-29(38)24(49-8)18-25(50-9)30(28)39)42-23-11-10-20(16-22(23)40)44-12-14-45(15-13-44)35(48)53-37(4,5)6/h10-11,16-19H,12-15,40H2,1-9H3,(H,41,42). The van der Waals surface area contributed by atoms with Gasteiger partial charge in [-0.2, -0.15) is 0 Å². The van der Waals surface area contributed by atoms with Crippen molar-refractivity contribution >= 4 is 57.5 Å². The van der Waals surface area contributed by atoms with E-state index >= 15 is 8.78 Å². The summed E-state index contributed by atoms with van der Waals surface area (Å²) >= 11 is 0. The first-order valence-electron chi connectivity index (χ1n) is 16.7. The summed E-state index contributed by atoms with van der Waals surface area (Å²) in [5, 5.41) is 3.35. The van der Waals surface area contributed by atoms with E-state index in [1.54, 1.807) is 37.8 Å². The number of ether oxygens (including phenoxy) is 4. The maximum atomic E-state index is 15.5. The molecular weight excluding hydrogens is 694 g/mol. The van der Waals surface area contributed by atoms with Gasteiger partial charge in [-0.1, -0.05) is 0 Å². The quantitative estimate of drug-likeness (QED) is 0.139. The van der Waals surface area contributed by atoms with E-state index in [2.05, 4.69) is 15.2 Å². The normalized spacial score (nSPS) is 13.5. The number of methoxy groups -OCH3 is 2. The summed E-state index contributed by atoms with van der Waals surface area (Å²) in [4.78, 5) is 49.0. The molecule has 16 heteroatoms. The fraction of sp³-hybridized carbons (Fsp3) is 0.405. The largest absolute Gasteiger partial charge is 0.494 e. The van der Waals surface area contributed by atoms with Crippen LogP contribution in [0.15, 0.2) is 40.9 Å². The Hall–Kier alpha value is -5.80. The third kappa shape index (κ3) is 8.31. The van der Waals surface area contributed by atoms with Gasteiger partial charge in [0.15, 0.2) is 34.5 Å². The zero-order valence-corrected chi connectivity index (χ0v) is 31.2. The molecule has 14 nitrogen and oxygen atoms in total. The van der Waals surface area contributed by atoms with Crippen molar-refractivity contribution in [2.75, 3.05) is 68.3 Å². The van der Waals surface area contributed by atoms with Crippen molar-refractivity contribution in [2.45, 2.75) is 52.7 Å². The van der Waals surface area contributed by atoms with Crippen LogP contribution in [0.4, 0.5) is 46.9 Å². The third-order valence-electron chi connectivity index (χ3n) is 8.15. The Balaban J connectivity index is 1.47. The van der Waals surface area contributed by atoms with E-state index in [4.69, 9.17) is 29.1 Å². The summed E-state index contributed by atoms with van der Waals surface area (Å²) in [6.07, 6.45) is 0.0839. The van der Waals surface area contributed by atoms with Gasteiger partial charge in [0, 0.05) is 45.0 Å². The summed E-state index contributed by atoms with van der Waals surface area (Å²) in [5.41, 5.74) is 5.62. The summed E-state index contributed by atoms with van der Waals surface area (Å²) < 4.78 is 57.9. The zero-order valence-electron chi connectivity index (χ0n) is 31.2. The molecule has 3 N–H and O–H groups in total. The Bertz CT molecular complexity index is 2020. The number of carbonyl (C=O) groups is 3. The van der Waals surface area contributed by atoms with Crippen LogP contribution in [-0.4, -0.2) is 86.5 Å².